The second-order valence-corrected chi connectivity index (χ2v) is 5.49. The van der Waals surface area contributed by atoms with Crippen LogP contribution in [0.3, 0.4) is 0 Å². The van der Waals surface area contributed by atoms with Crippen LogP contribution < -0.4 is 10.6 Å². The van der Waals surface area contributed by atoms with Crippen LogP contribution in [0.15, 0.2) is 22.7 Å². The van der Waals surface area contributed by atoms with Crippen LogP contribution in [0.2, 0.25) is 0 Å². The Morgan fingerprint density at radius 2 is 2.35 bits per heavy atom. The van der Waals surface area contributed by atoms with Crippen molar-refractivity contribution >= 4 is 50.1 Å². The molecule has 0 spiro atoms. The van der Waals surface area contributed by atoms with Crippen LogP contribution in [0.5, 0.6) is 0 Å². The predicted octanol–water partition coefficient (Wildman–Crippen LogP) is 2.60. The molecule has 1 aromatic carbocycles. The highest BCUT2D eigenvalue weighted by Gasteiger charge is 2.12. The van der Waals surface area contributed by atoms with Gasteiger partial charge >= 0.3 is 0 Å². The minimum absolute atomic E-state index is 0.112. The molecule has 0 aromatic heterocycles. The zero-order valence-electron chi connectivity index (χ0n) is 9.26. The summed E-state index contributed by atoms with van der Waals surface area (Å²) in [4.78, 5) is 11.6. The highest BCUT2D eigenvalue weighted by Crippen LogP contribution is 2.23. The summed E-state index contributed by atoms with van der Waals surface area (Å²) >= 11 is 5.61. The fourth-order valence-corrected chi connectivity index (χ4v) is 2.05. The van der Waals surface area contributed by atoms with Gasteiger partial charge in [0.2, 0.25) is 5.91 Å². The highest BCUT2D eigenvalue weighted by atomic mass is 127. The fourth-order valence-electron chi connectivity index (χ4n) is 1.20. The normalized spacial score (nSPS) is 11.4. The number of terminal acetylenes is 1. The van der Waals surface area contributed by atoms with Crippen molar-refractivity contribution in [2.45, 2.75) is 13.0 Å². The maximum atomic E-state index is 11.6. The van der Waals surface area contributed by atoms with Gasteiger partial charge in [0.25, 0.3) is 0 Å². The van der Waals surface area contributed by atoms with Crippen LogP contribution in [-0.2, 0) is 4.79 Å². The molecule has 0 aliphatic rings. The van der Waals surface area contributed by atoms with E-state index in [0.717, 1.165) is 13.7 Å². The first-order valence-electron chi connectivity index (χ1n) is 4.97. The monoisotopic (exact) mass is 406 g/mol. The number of carbonyl (C=O) groups excluding carboxylic acids is 1. The summed E-state index contributed by atoms with van der Waals surface area (Å²) in [5.74, 6) is 2.26. The second-order valence-electron chi connectivity index (χ2n) is 3.41. The van der Waals surface area contributed by atoms with Crippen molar-refractivity contribution in [3.63, 3.8) is 0 Å². The molecule has 0 fully saturated rings. The van der Waals surface area contributed by atoms with E-state index in [1.807, 2.05) is 18.2 Å². The van der Waals surface area contributed by atoms with Crippen LogP contribution in [0.1, 0.15) is 6.92 Å². The van der Waals surface area contributed by atoms with Gasteiger partial charge in [-0.2, -0.15) is 0 Å². The van der Waals surface area contributed by atoms with Crippen LogP contribution in [0, 0.1) is 15.9 Å². The number of anilines is 1. The molecular weight excluding hydrogens is 395 g/mol. The van der Waals surface area contributed by atoms with Gasteiger partial charge in [-0.25, -0.2) is 0 Å². The third kappa shape index (κ3) is 4.56. The fraction of sp³-hybridized carbons (Fsp3) is 0.250. The van der Waals surface area contributed by atoms with Gasteiger partial charge in [0, 0.05) is 13.7 Å². The number of hydrogen-bond donors (Lipinski definition) is 2. The minimum atomic E-state index is -0.328. The Kier molecular flexibility index (Phi) is 5.78. The summed E-state index contributed by atoms with van der Waals surface area (Å²) in [6.45, 7) is 2.04. The lowest BCUT2D eigenvalue weighted by Crippen LogP contribution is -2.37. The van der Waals surface area contributed by atoms with Crippen molar-refractivity contribution in [2.24, 2.45) is 0 Å². The zero-order valence-corrected chi connectivity index (χ0v) is 13.0. The van der Waals surface area contributed by atoms with Gasteiger partial charge in [-0.15, -0.1) is 6.42 Å². The van der Waals surface area contributed by atoms with E-state index in [2.05, 4.69) is 55.1 Å². The summed E-state index contributed by atoms with van der Waals surface area (Å²) < 4.78 is 2.03. The topological polar surface area (TPSA) is 41.1 Å². The van der Waals surface area contributed by atoms with Crippen molar-refractivity contribution in [3.05, 3.63) is 26.2 Å². The Morgan fingerprint density at radius 3 is 3.00 bits per heavy atom. The van der Waals surface area contributed by atoms with E-state index in [1.54, 1.807) is 6.92 Å². The first kappa shape index (κ1) is 14.3. The number of halogens is 2. The lowest BCUT2D eigenvalue weighted by Gasteiger charge is -2.15. The number of nitrogens with one attached hydrogen (secondary N) is 2. The molecule has 0 saturated heterocycles. The lowest BCUT2D eigenvalue weighted by molar-refractivity contribution is -0.121. The van der Waals surface area contributed by atoms with Crippen molar-refractivity contribution in [2.75, 3.05) is 11.9 Å². The van der Waals surface area contributed by atoms with E-state index in [4.69, 9.17) is 6.42 Å². The third-order valence-corrected chi connectivity index (χ3v) is 3.49. The molecule has 0 heterocycles. The Morgan fingerprint density at radius 1 is 1.65 bits per heavy atom. The van der Waals surface area contributed by atoms with Crippen LogP contribution in [0.25, 0.3) is 0 Å². The molecular formula is C12H12BrIN2O. The molecule has 1 amide bonds. The van der Waals surface area contributed by atoms with Gasteiger partial charge in [-0.05, 0) is 47.7 Å². The van der Waals surface area contributed by atoms with Gasteiger partial charge in [-0.1, -0.05) is 21.9 Å². The SMILES string of the molecule is C#CCNC(=O)C(C)Nc1cc(Br)ccc1I. The number of carbonyl (C=O) groups is 1. The number of benzene rings is 1. The van der Waals surface area contributed by atoms with Crippen LogP contribution >= 0.6 is 38.5 Å². The van der Waals surface area contributed by atoms with E-state index in [9.17, 15) is 4.79 Å². The Labute approximate surface area is 123 Å². The first-order valence-corrected chi connectivity index (χ1v) is 6.84. The third-order valence-electron chi connectivity index (χ3n) is 2.06. The average molecular weight is 407 g/mol. The molecule has 1 aromatic rings. The molecule has 1 unspecified atom stereocenters. The zero-order chi connectivity index (χ0) is 12.8. The Balaban J connectivity index is 2.67. The van der Waals surface area contributed by atoms with E-state index >= 15 is 0 Å². The quantitative estimate of drug-likeness (QED) is 0.596. The molecule has 2 N–H and O–H groups in total. The van der Waals surface area contributed by atoms with Crippen molar-refractivity contribution in [1.29, 1.82) is 0 Å². The summed E-state index contributed by atoms with van der Waals surface area (Å²) in [5.41, 5.74) is 0.920. The molecule has 3 nitrogen and oxygen atoms in total. The highest BCUT2D eigenvalue weighted by molar-refractivity contribution is 14.1. The standard InChI is InChI=1S/C12H12BrIN2O/c1-3-6-15-12(17)8(2)16-11-7-9(13)4-5-10(11)14/h1,4-5,7-8,16H,6H2,2H3,(H,15,17). The van der Waals surface area contributed by atoms with Gasteiger partial charge in [-0.3, -0.25) is 4.79 Å². The molecule has 0 radical (unpaired) electrons. The summed E-state index contributed by atoms with van der Waals surface area (Å²) in [5, 5.41) is 5.78. The Hall–Kier alpha value is -0.740. The minimum Gasteiger partial charge on any atom is -0.373 e. The van der Waals surface area contributed by atoms with Crippen molar-refractivity contribution in [1.82, 2.24) is 5.32 Å². The maximum Gasteiger partial charge on any atom is 0.242 e. The number of hydrogen-bond acceptors (Lipinski definition) is 2. The van der Waals surface area contributed by atoms with Gasteiger partial charge in [0.15, 0.2) is 0 Å². The summed E-state index contributed by atoms with van der Waals surface area (Å²) in [7, 11) is 0. The first-order chi connectivity index (χ1) is 8.04. The van der Waals surface area contributed by atoms with Crippen LogP contribution in [0.4, 0.5) is 5.69 Å². The molecule has 1 rings (SSSR count). The molecule has 0 aliphatic carbocycles. The predicted molar refractivity (Wildman–Crippen MR) is 81.8 cm³/mol. The molecule has 5 heteroatoms. The van der Waals surface area contributed by atoms with Gasteiger partial charge < -0.3 is 10.6 Å². The van der Waals surface area contributed by atoms with E-state index in [-0.39, 0.29) is 18.5 Å². The van der Waals surface area contributed by atoms with E-state index in [1.165, 1.54) is 0 Å². The Bertz CT molecular complexity index is 456. The van der Waals surface area contributed by atoms with Gasteiger partial charge in [0.05, 0.1) is 6.54 Å². The summed E-state index contributed by atoms with van der Waals surface area (Å²) in [6.07, 6.45) is 5.08. The van der Waals surface area contributed by atoms with E-state index < -0.39 is 0 Å². The summed E-state index contributed by atoms with van der Waals surface area (Å²) in [6, 6.07) is 5.54. The molecule has 90 valence electrons. The van der Waals surface area contributed by atoms with Crippen molar-refractivity contribution < 1.29 is 4.79 Å². The maximum absolute atomic E-state index is 11.6. The number of rotatable bonds is 4. The molecule has 0 aliphatic heterocycles. The largest absolute Gasteiger partial charge is 0.373 e. The van der Waals surface area contributed by atoms with Crippen molar-refractivity contribution in [3.8, 4) is 12.3 Å². The van der Waals surface area contributed by atoms with E-state index in [0.29, 0.717) is 0 Å². The average Bonchev–Trinajstić information content (AvgIpc) is 2.30. The molecule has 0 bridgehead atoms. The lowest BCUT2D eigenvalue weighted by atomic mass is 10.2. The number of amides is 1. The molecule has 0 saturated carbocycles. The smallest absolute Gasteiger partial charge is 0.242 e. The second kappa shape index (κ2) is 6.87. The molecule has 1 atom stereocenters. The van der Waals surface area contributed by atoms with Crippen LogP contribution in [-0.4, -0.2) is 18.5 Å². The molecule has 17 heavy (non-hydrogen) atoms. The van der Waals surface area contributed by atoms with Gasteiger partial charge in [0.1, 0.15) is 6.04 Å².